The van der Waals surface area contributed by atoms with Gasteiger partial charge in [0.15, 0.2) is 5.82 Å². The van der Waals surface area contributed by atoms with Crippen LogP contribution in [-0.4, -0.2) is 18.1 Å². The van der Waals surface area contributed by atoms with Gasteiger partial charge < -0.3 is 10.1 Å². The number of hydrogen-bond acceptors (Lipinski definition) is 3. The molecule has 122 valence electrons. The van der Waals surface area contributed by atoms with Gasteiger partial charge in [-0.3, -0.25) is 0 Å². The van der Waals surface area contributed by atoms with Gasteiger partial charge in [0.05, 0.1) is 0 Å². The molecule has 1 aromatic heterocycles. The third kappa shape index (κ3) is 3.42. The lowest BCUT2D eigenvalue weighted by Crippen LogP contribution is -2.22. The Balaban J connectivity index is 1.96. The van der Waals surface area contributed by atoms with E-state index < -0.39 is 27.9 Å². The molecule has 2 heterocycles. The predicted molar refractivity (Wildman–Crippen MR) is 85.0 cm³/mol. The van der Waals surface area contributed by atoms with Gasteiger partial charge in [0, 0.05) is 12.5 Å². The maximum Gasteiger partial charge on any atom is 0.239 e. The van der Waals surface area contributed by atoms with Crippen LogP contribution in [0.25, 0.3) is 0 Å². The number of hydrogen-bond donors (Lipinski definition) is 1. The summed E-state index contributed by atoms with van der Waals surface area (Å²) < 4.78 is 33.3. The summed E-state index contributed by atoms with van der Waals surface area (Å²) in [5.41, 5.74) is 0.898. The number of pyridine rings is 1. The van der Waals surface area contributed by atoms with Crippen molar-refractivity contribution in [2.75, 3.05) is 13.1 Å². The first-order chi connectivity index (χ1) is 11.1. The van der Waals surface area contributed by atoms with Gasteiger partial charge in [0.2, 0.25) is 11.8 Å². The van der Waals surface area contributed by atoms with E-state index in [0.29, 0.717) is 0 Å². The van der Waals surface area contributed by atoms with Crippen molar-refractivity contribution in [2.24, 2.45) is 5.92 Å². The molecule has 3 nitrogen and oxygen atoms in total. The van der Waals surface area contributed by atoms with Crippen LogP contribution in [0.3, 0.4) is 0 Å². The number of rotatable bonds is 4. The number of halogens is 4. The fraction of sp³-hybridized carbons (Fsp3) is 0.312. The van der Waals surface area contributed by atoms with Gasteiger partial charge in [-0.2, -0.15) is 9.37 Å². The first-order valence-electron chi connectivity index (χ1n) is 7.20. The molecular weight excluding hydrogens is 345 g/mol. The highest BCUT2D eigenvalue weighted by molar-refractivity contribution is 6.35. The third-order valence-electron chi connectivity index (χ3n) is 3.85. The molecule has 0 amide bonds. The van der Waals surface area contributed by atoms with Crippen molar-refractivity contribution in [3.63, 3.8) is 0 Å². The third-order valence-corrected chi connectivity index (χ3v) is 4.50. The van der Waals surface area contributed by atoms with Gasteiger partial charge in [-0.25, -0.2) is 4.39 Å². The molecule has 0 bridgehead atoms. The summed E-state index contributed by atoms with van der Waals surface area (Å²) in [4.78, 5) is 3.56. The average Bonchev–Trinajstić information content (AvgIpc) is 3.10. The van der Waals surface area contributed by atoms with Crippen molar-refractivity contribution in [3.05, 3.63) is 57.7 Å². The van der Waals surface area contributed by atoms with Crippen LogP contribution in [0.5, 0.6) is 5.88 Å². The molecule has 0 spiro atoms. The minimum Gasteiger partial charge on any atom is -0.468 e. The molecule has 1 fully saturated rings. The van der Waals surface area contributed by atoms with Crippen LogP contribution < -0.4 is 10.1 Å². The number of nitrogens with one attached hydrogen (secondary N) is 1. The van der Waals surface area contributed by atoms with Crippen LogP contribution >= 0.6 is 23.2 Å². The van der Waals surface area contributed by atoms with E-state index in [9.17, 15) is 8.78 Å². The summed E-state index contributed by atoms with van der Waals surface area (Å²) >= 11 is 11.4. The second-order valence-corrected chi connectivity index (χ2v) is 6.11. The Morgan fingerprint density at radius 3 is 2.57 bits per heavy atom. The van der Waals surface area contributed by atoms with E-state index in [1.165, 1.54) is 0 Å². The Labute approximate surface area is 142 Å². The molecule has 1 saturated heterocycles. The largest absolute Gasteiger partial charge is 0.468 e. The Hall–Kier alpha value is -1.43. The Bertz CT molecular complexity index is 694. The fourth-order valence-electron chi connectivity index (χ4n) is 2.68. The summed E-state index contributed by atoms with van der Waals surface area (Å²) in [6, 6.07) is 9.46. The summed E-state index contributed by atoms with van der Waals surface area (Å²) in [5.74, 6) is -2.34. The SMILES string of the molecule is Fc1nc(OC(c2ccccc2)[C@H]2CCNC2)c(Cl)c(F)c1Cl. The molecule has 1 aliphatic rings. The molecule has 0 radical (unpaired) electrons. The number of aromatic nitrogens is 1. The Morgan fingerprint density at radius 2 is 1.91 bits per heavy atom. The smallest absolute Gasteiger partial charge is 0.239 e. The molecule has 0 aliphatic carbocycles. The number of nitrogens with zero attached hydrogens (tertiary/aromatic N) is 1. The van der Waals surface area contributed by atoms with Crippen LogP contribution in [0, 0.1) is 17.7 Å². The highest BCUT2D eigenvalue weighted by atomic mass is 35.5. The zero-order valence-corrected chi connectivity index (χ0v) is 13.5. The highest BCUT2D eigenvalue weighted by Gasteiger charge is 2.30. The van der Waals surface area contributed by atoms with Crippen molar-refractivity contribution < 1.29 is 13.5 Å². The lowest BCUT2D eigenvalue weighted by atomic mass is 9.95. The molecule has 1 unspecified atom stereocenters. The lowest BCUT2D eigenvalue weighted by molar-refractivity contribution is 0.136. The average molecular weight is 359 g/mol. The molecule has 1 N–H and O–H groups in total. The fourth-order valence-corrected chi connectivity index (χ4v) is 3.05. The molecule has 0 saturated carbocycles. The summed E-state index contributed by atoms with van der Waals surface area (Å²) in [5, 5.41) is 2.10. The second-order valence-electron chi connectivity index (χ2n) is 5.35. The van der Waals surface area contributed by atoms with Crippen LogP contribution in [0.15, 0.2) is 30.3 Å². The first-order valence-corrected chi connectivity index (χ1v) is 7.96. The van der Waals surface area contributed by atoms with Gasteiger partial charge in [0.1, 0.15) is 16.1 Å². The van der Waals surface area contributed by atoms with Gasteiger partial charge >= 0.3 is 0 Å². The van der Waals surface area contributed by atoms with Crippen LogP contribution in [0.4, 0.5) is 8.78 Å². The monoisotopic (exact) mass is 358 g/mol. The van der Waals surface area contributed by atoms with Crippen molar-refractivity contribution >= 4 is 23.2 Å². The van der Waals surface area contributed by atoms with Crippen molar-refractivity contribution in [1.82, 2.24) is 10.3 Å². The maximum atomic E-state index is 13.8. The Kier molecular flexibility index (Phi) is 4.99. The zero-order valence-electron chi connectivity index (χ0n) is 12.0. The molecule has 1 aromatic carbocycles. The van der Waals surface area contributed by atoms with E-state index in [2.05, 4.69) is 10.3 Å². The van der Waals surface area contributed by atoms with Gasteiger partial charge in [-0.15, -0.1) is 0 Å². The van der Waals surface area contributed by atoms with Crippen molar-refractivity contribution in [3.8, 4) is 5.88 Å². The molecule has 1 aliphatic heterocycles. The molecule has 2 atom stereocenters. The van der Waals surface area contributed by atoms with Crippen LogP contribution in [0.2, 0.25) is 10.0 Å². The summed E-state index contributed by atoms with van der Waals surface area (Å²) in [6.45, 7) is 1.61. The van der Waals surface area contributed by atoms with E-state index in [-0.39, 0.29) is 11.8 Å². The van der Waals surface area contributed by atoms with Gasteiger partial charge in [-0.05, 0) is 18.5 Å². The number of benzene rings is 1. The standard InChI is InChI=1S/C16H14Cl2F2N2O/c17-11-13(19)12(18)16(22-15(11)20)23-14(10-6-7-21-8-10)9-4-2-1-3-5-9/h1-5,10,14,21H,6-8H2/t10-,14?/m0/s1. The normalized spacial score (nSPS) is 18.9. The quantitative estimate of drug-likeness (QED) is 0.822. The predicted octanol–water partition coefficient (Wildman–Crippen LogP) is 4.40. The molecule has 7 heteroatoms. The highest BCUT2D eigenvalue weighted by Crippen LogP contribution is 2.37. The van der Waals surface area contributed by atoms with E-state index in [4.69, 9.17) is 27.9 Å². The Morgan fingerprint density at radius 1 is 1.17 bits per heavy atom. The van der Waals surface area contributed by atoms with E-state index in [0.717, 1.165) is 25.1 Å². The minimum absolute atomic E-state index is 0.150. The first kappa shape index (κ1) is 16.4. The molecule has 2 aromatic rings. The van der Waals surface area contributed by atoms with Gasteiger partial charge in [0.25, 0.3) is 0 Å². The lowest BCUT2D eigenvalue weighted by Gasteiger charge is -2.24. The second kappa shape index (κ2) is 6.99. The summed E-state index contributed by atoms with van der Waals surface area (Å²) in [7, 11) is 0. The van der Waals surface area contributed by atoms with E-state index >= 15 is 0 Å². The topological polar surface area (TPSA) is 34.1 Å². The van der Waals surface area contributed by atoms with E-state index in [1.807, 2.05) is 30.3 Å². The zero-order chi connectivity index (χ0) is 16.4. The maximum absolute atomic E-state index is 13.8. The molecule has 23 heavy (non-hydrogen) atoms. The molecular formula is C16H14Cl2F2N2O. The van der Waals surface area contributed by atoms with E-state index in [1.54, 1.807) is 0 Å². The summed E-state index contributed by atoms with van der Waals surface area (Å²) in [6.07, 6.45) is 0.478. The number of ether oxygens (including phenoxy) is 1. The van der Waals surface area contributed by atoms with Crippen LogP contribution in [-0.2, 0) is 0 Å². The van der Waals surface area contributed by atoms with Crippen molar-refractivity contribution in [1.29, 1.82) is 0 Å². The van der Waals surface area contributed by atoms with Crippen molar-refractivity contribution in [2.45, 2.75) is 12.5 Å². The minimum atomic E-state index is -1.14. The van der Waals surface area contributed by atoms with Gasteiger partial charge in [-0.1, -0.05) is 53.5 Å². The molecule has 3 rings (SSSR count). The van der Waals surface area contributed by atoms with Crippen LogP contribution in [0.1, 0.15) is 18.1 Å².